The van der Waals surface area contributed by atoms with Gasteiger partial charge in [0.25, 0.3) is 0 Å². The number of nitrogens with two attached hydrogens (primary N) is 4. The molecule has 0 saturated heterocycles. The number of amides is 4. The second-order valence-electron chi connectivity index (χ2n) is 18.5. The SMILES string of the molecule is CCOCCOc1c2cc(NC(=O)[C@H](C)N)cc1Cc1cc(NC(=O)[C@H](C)N)cc(c1OCCOCC)Cc1cc(NC(=O)[C@H](C)N)cc(c1OCCOCC)Cc1cc(NC(=O)[C@H](C)N)cc(c1OCCOCC)C2. The van der Waals surface area contributed by atoms with E-state index >= 15 is 0 Å². The average Bonchev–Trinajstić information content (AvgIpc) is 3.36. The normalized spacial score (nSPS) is 13.6. The van der Waals surface area contributed by atoms with Gasteiger partial charge in [0.05, 0.1) is 50.6 Å². The minimum Gasteiger partial charge on any atom is -0.491 e. The number of anilines is 4. The van der Waals surface area contributed by atoms with Crippen molar-refractivity contribution in [2.75, 3.05) is 101 Å². The van der Waals surface area contributed by atoms with Crippen LogP contribution in [0.4, 0.5) is 22.7 Å². The van der Waals surface area contributed by atoms with E-state index in [0.29, 0.717) is 117 Å². The molecule has 4 aromatic carbocycles. The zero-order valence-corrected chi connectivity index (χ0v) is 45.5. The van der Waals surface area contributed by atoms with Crippen molar-refractivity contribution in [3.8, 4) is 23.0 Å². The maximum absolute atomic E-state index is 13.5. The first-order valence-electron chi connectivity index (χ1n) is 26.2. The minimum atomic E-state index is -0.853. The number of carbonyl (C=O) groups excluding carboxylic acids is 4. The number of nitrogens with one attached hydrogen (secondary N) is 4. The summed E-state index contributed by atoms with van der Waals surface area (Å²) in [6.07, 6.45) is 0.494. The van der Waals surface area contributed by atoms with Crippen molar-refractivity contribution in [2.24, 2.45) is 22.9 Å². The quantitative estimate of drug-likeness (QED) is 0.0300. The molecule has 12 N–H and O–H groups in total. The molecule has 0 aliphatic heterocycles. The van der Waals surface area contributed by atoms with Gasteiger partial charge >= 0.3 is 0 Å². The zero-order valence-electron chi connectivity index (χ0n) is 45.5. The van der Waals surface area contributed by atoms with Gasteiger partial charge in [-0.15, -0.1) is 0 Å². The number of benzene rings is 4. The number of rotatable bonds is 28. The van der Waals surface area contributed by atoms with Crippen LogP contribution in [-0.4, -0.2) is 127 Å². The standard InChI is InChI=1S/C56H80N8O12/c1-9-69-13-17-73-49-37-21-39-27-46(62-54(66)34(6)58)29-41(50(39)74-18-14-70-10-2)23-43-31-48(64-56(68)36(8)60)32-44(52(43)76-20-16-72-12-4)24-42-30-47(63-55(67)35(7)59)28-40(51(42)75-19-15-71-11-3)22-38(49)26-45(25-37)61-53(65)33(5)57/h25-36H,9-24,57-60H2,1-8H3,(H,61,65)(H,62,66)(H,63,67)(H,64,68)/t33-,34-,35-,36-/m0/s1. The summed E-state index contributed by atoms with van der Waals surface area (Å²) in [5, 5.41) is 12.0. The van der Waals surface area contributed by atoms with E-state index in [0.717, 1.165) is 0 Å². The van der Waals surface area contributed by atoms with Gasteiger partial charge in [0.15, 0.2) is 0 Å². The van der Waals surface area contributed by atoms with E-state index in [1.165, 1.54) is 0 Å². The molecule has 1 aliphatic carbocycles. The molecule has 416 valence electrons. The lowest BCUT2D eigenvalue weighted by Crippen LogP contribution is -2.32. The molecule has 0 spiro atoms. The molecule has 0 saturated carbocycles. The van der Waals surface area contributed by atoms with Gasteiger partial charge < -0.3 is 82.1 Å². The van der Waals surface area contributed by atoms with Gasteiger partial charge in [-0.1, -0.05) is 0 Å². The van der Waals surface area contributed by atoms with E-state index in [9.17, 15) is 19.2 Å². The van der Waals surface area contributed by atoms with E-state index in [4.69, 9.17) is 60.8 Å². The van der Waals surface area contributed by atoms with Crippen LogP contribution in [0.3, 0.4) is 0 Å². The van der Waals surface area contributed by atoms with Crippen LogP contribution in [-0.2, 0) is 63.8 Å². The van der Waals surface area contributed by atoms with Gasteiger partial charge in [-0.05, 0) is 104 Å². The van der Waals surface area contributed by atoms with Crippen LogP contribution in [0.2, 0.25) is 0 Å². The second kappa shape index (κ2) is 30.4. The van der Waals surface area contributed by atoms with Crippen molar-refractivity contribution in [3.05, 3.63) is 93.0 Å². The fraction of sp³-hybridized carbons (Fsp3) is 0.500. The number of carbonyl (C=O) groups is 4. The van der Waals surface area contributed by atoms with Gasteiger partial charge in [-0.25, -0.2) is 0 Å². The molecule has 20 heteroatoms. The van der Waals surface area contributed by atoms with Crippen LogP contribution in [0.5, 0.6) is 23.0 Å². The molecule has 4 amide bonds. The summed E-state index contributed by atoms with van der Waals surface area (Å²) in [7, 11) is 0. The van der Waals surface area contributed by atoms with Crippen molar-refractivity contribution < 1.29 is 57.1 Å². The molecule has 20 nitrogen and oxygen atoms in total. The lowest BCUT2D eigenvalue weighted by Gasteiger charge is -2.25. The van der Waals surface area contributed by atoms with Crippen molar-refractivity contribution in [3.63, 3.8) is 0 Å². The highest BCUT2D eigenvalue weighted by atomic mass is 16.5. The smallest absolute Gasteiger partial charge is 0.240 e. The van der Waals surface area contributed by atoms with Crippen molar-refractivity contribution in [2.45, 2.75) is 105 Å². The Kier molecular flexibility index (Phi) is 24.2. The lowest BCUT2D eigenvalue weighted by molar-refractivity contribution is -0.117. The van der Waals surface area contributed by atoms with E-state index in [1.807, 2.05) is 76.2 Å². The molecule has 0 unspecified atom stereocenters. The first-order valence-corrected chi connectivity index (χ1v) is 26.2. The summed E-state index contributed by atoms with van der Waals surface area (Å²) < 4.78 is 50.1. The maximum atomic E-state index is 13.5. The molecule has 0 radical (unpaired) electrons. The van der Waals surface area contributed by atoms with Gasteiger partial charge in [-0.2, -0.15) is 0 Å². The molecular formula is C56H80N8O12. The molecule has 0 aromatic heterocycles. The molecule has 0 heterocycles. The summed E-state index contributed by atoms with van der Waals surface area (Å²) in [4.78, 5) is 53.9. The third kappa shape index (κ3) is 17.9. The maximum Gasteiger partial charge on any atom is 0.240 e. The van der Waals surface area contributed by atoms with Crippen molar-refractivity contribution in [1.82, 2.24) is 0 Å². The van der Waals surface area contributed by atoms with E-state index in [1.54, 1.807) is 27.7 Å². The van der Waals surface area contributed by atoms with E-state index in [-0.39, 0.29) is 78.5 Å². The third-order valence-electron chi connectivity index (χ3n) is 11.9. The summed E-state index contributed by atoms with van der Waals surface area (Å²) >= 11 is 0. The molecule has 8 bridgehead atoms. The Morgan fingerprint density at radius 2 is 0.526 bits per heavy atom. The molecule has 0 fully saturated rings. The summed E-state index contributed by atoms with van der Waals surface area (Å²) in [6, 6.07) is 11.2. The monoisotopic (exact) mass is 1060 g/mol. The summed E-state index contributed by atoms with van der Waals surface area (Å²) in [5.41, 5.74) is 31.3. The molecular weight excluding hydrogens is 977 g/mol. The van der Waals surface area contributed by atoms with E-state index < -0.39 is 47.8 Å². The van der Waals surface area contributed by atoms with Gasteiger partial charge in [0.2, 0.25) is 23.6 Å². The molecule has 1 aliphatic rings. The topological polar surface area (TPSA) is 294 Å². The van der Waals surface area contributed by atoms with Gasteiger partial charge in [-0.3, -0.25) is 19.2 Å². The first-order chi connectivity index (χ1) is 36.5. The van der Waals surface area contributed by atoms with Crippen LogP contribution in [0.25, 0.3) is 0 Å². The number of fused-ring (bicyclic) bond motifs is 8. The summed E-state index contributed by atoms with van der Waals surface area (Å²) in [5.74, 6) is 0.225. The number of hydrogen-bond acceptors (Lipinski definition) is 16. The van der Waals surface area contributed by atoms with Crippen molar-refractivity contribution >= 4 is 46.4 Å². The van der Waals surface area contributed by atoms with Gasteiger partial charge in [0.1, 0.15) is 49.4 Å². The Bertz CT molecular complexity index is 2150. The first kappa shape index (κ1) is 60.5. The zero-order chi connectivity index (χ0) is 55.3. The van der Waals surface area contributed by atoms with Crippen LogP contribution in [0.1, 0.15) is 99.9 Å². The summed E-state index contributed by atoms with van der Waals surface area (Å²) in [6.45, 7) is 17.5. The Morgan fingerprint density at radius 3 is 0.671 bits per heavy atom. The second-order valence-corrected chi connectivity index (χ2v) is 18.5. The highest BCUT2D eigenvalue weighted by molar-refractivity contribution is 5.97. The molecule has 76 heavy (non-hydrogen) atoms. The molecule has 4 aromatic rings. The molecule has 4 atom stereocenters. The Morgan fingerprint density at radius 1 is 0.355 bits per heavy atom. The highest BCUT2D eigenvalue weighted by Gasteiger charge is 2.27. The third-order valence-corrected chi connectivity index (χ3v) is 11.9. The van der Waals surface area contributed by atoms with Crippen LogP contribution in [0.15, 0.2) is 48.5 Å². The minimum absolute atomic E-state index is 0.124. The lowest BCUT2D eigenvalue weighted by atomic mass is 9.90. The van der Waals surface area contributed by atoms with Crippen LogP contribution < -0.4 is 63.1 Å². The fourth-order valence-corrected chi connectivity index (χ4v) is 8.33. The highest BCUT2D eigenvalue weighted by Crippen LogP contribution is 2.43. The van der Waals surface area contributed by atoms with Crippen LogP contribution >= 0.6 is 0 Å². The largest absolute Gasteiger partial charge is 0.491 e. The van der Waals surface area contributed by atoms with Crippen molar-refractivity contribution in [1.29, 1.82) is 0 Å². The Hall–Kier alpha value is -6.36. The average molecular weight is 1060 g/mol. The number of hydrogen-bond donors (Lipinski definition) is 8. The van der Waals surface area contributed by atoms with E-state index in [2.05, 4.69) is 21.3 Å². The fourth-order valence-electron chi connectivity index (χ4n) is 8.33. The predicted molar refractivity (Wildman–Crippen MR) is 294 cm³/mol. The Balaban J connectivity index is 2.00. The molecule has 5 rings (SSSR count). The Labute approximate surface area is 446 Å². The number of ether oxygens (including phenoxy) is 8. The van der Waals surface area contributed by atoms with Crippen LogP contribution in [0, 0.1) is 0 Å². The predicted octanol–water partition coefficient (Wildman–Crippen LogP) is 5.17. The van der Waals surface area contributed by atoms with Gasteiger partial charge in [0, 0.05) is 119 Å².